The molecule has 126 valence electrons. The minimum atomic E-state index is 0.477. The van der Waals surface area contributed by atoms with Crippen LogP contribution < -0.4 is 10.6 Å². The molecule has 2 aromatic rings. The number of hydrogen-bond acceptors (Lipinski definition) is 4. The van der Waals surface area contributed by atoms with Crippen molar-refractivity contribution in [3.8, 4) is 0 Å². The van der Waals surface area contributed by atoms with Gasteiger partial charge in [0.25, 0.3) is 0 Å². The fourth-order valence-electron chi connectivity index (χ4n) is 2.15. The second kappa shape index (κ2) is 8.67. The number of aryl methyl sites for hydroxylation is 2. The number of guanidine groups is 1. The Hall–Kier alpha value is -1.89. The van der Waals surface area contributed by atoms with Crippen molar-refractivity contribution in [2.45, 2.75) is 39.2 Å². The Kier molecular flexibility index (Phi) is 6.58. The fourth-order valence-corrected chi connectivity index (χ4v) is 3.05. The molecule has 0 amide bonds. The highest BCUT2D eigenvalue weighted by molar-refractivity contribution is 7.09. The lowest BCUT2D eigenvalue weighted by Crippen LogP contribution is -2.37. The summed E-state index contributed by atoms with van der Waals surface area (Å²) in [5.41, 5.74) is 2.42. The highest BCUT2D eigenvalue weighted by Gasteiger charge is 2.06. The van der Waals surface area contributed by atoms with E-state index in [2.05, 4.69) is 51.1 Å². The van der Waals surface area contributed by atoms with Gasteiger partial charge in [0.1, 0.15) is 5.01 Å². The number of thiazole rings is 1. The van der Waals surface area contributed by atoms with Gasteiger partial charge in [-0.25, -0.2) is 4.98 Å². The van der Waals surface area contributed by atoms with Gasteiger partial charge in [0.2, 0.25) is 0 Å². The van der Waals surface area contributed by atoms with Crippen molar-refractivity contribution in [2.75, 3.05) is 13.6 Å². The maximum absolute atomic E-state index is 4.62. The van der Waals surface area contributed by atoms with Gasteiger partial charge < -0.3 is 10.6 Å². The first kappa shape index (κ1) is 17.5. The molecule has 2 N–H and O–H groups in total. The van der Waals surface area contributed by atoms with Gasteiger partial charge in [0.05, 0.1) is 18.4 Å². The van der Waals surface area contributed by atoms with Gasteiger partial charge in [0, 0.05) is 32.2 Å². The molecule has 2 aromatic heterocycles. The molecular formula is C16H26N6S. The smallest absolute Gasteiger partial charge is 0.191 e. The number of aliphatic imine (C=N–C) groups is 1. The van der Waals surface area contributed by atoms with Crippen LogP contribution in [-0.4, -0.2) is 34.3 Å². The van der Waals surface area contributed by atoms with Crippen LogP contribution in [0.2, 0.25) is 0 Å². The molecule has 23 heavy (non-hydrogen) atoms. The molecular weight excluding hydrogens is 308 g/mol. The highest BCUT2D eigenvalue weighted by atomic mass is 32.1. The SMILES string of the molecule is CN=C(NCCCc1cnn(C)c1)NCc1nc(C(C)C)cs1. The van der Waals surface area contributed by atoms with Crippen LogP contribution in [0.1, 0.15) is 42.5 Å². The van der Waals surface area contributed by atoms with Crippen molar-refractivity contribution in [3.05, 3.63) is 34.0 Å². The molecule has 2 heterocycles. The predicted molar refractivity (Wildman–Crippen MR) is 95.9 cm³/mol. The molecule has 2 rings (SSSR count). The van der Waals surface area contributed by atoms with Crippen LogP contribution in [0.15, 0.2) is 22.8 Å². The molecule has 7 heteroatoms. The predicted octanol–water partition coefficient (Wildman–Crippen LogP) is 2.30. The van der Waals surface area contributed by atoms with Crippen LogP contribution >= 0.6 is 11.3 Å². The summed E-state index contributed by atoms with van der Waals surface area (Å²) in [6, 6.07) is 0. The maximum atomic E-state index is 4.62. The topological polar surface area (TPSA) is 67.1 Å². The largest absolute Gasteiger partial charge is 0.356 e. The molecule has 0 aliphatic heterocycles. The van der Waals surface area contributed by atoms with Crippen LogP contribution in [0.3, 0.4) is 0 Å². The third kappa shape index (κ3) is 5.67. The molecule has 0 fully saturated rings. The highest BCUT2D eigenvalue weighted by Crippen LogP contribution is 2.17. The van der Waals surface area contributed by atoms with Crippen molar-refractivity contribution in [2.24, 2.45) is 12.0 Å². The van der Waals surface area contributed by atoms with Gasteiger partial charge in [-0.1, -0.05) is 13.8 Å². The second-order valence-corrected chi connectivity index (χ2v) is 6.74. The van der Waals surface area contributed by atoms with Crippen LogP contribution in [0.25, 0.3) is 0 Å². The van der Waals surface area contributed by atoms with E-state index in [4.69, 9.17) is 0 Å². The van der Waals surface area contributed by atoms with Crippen LogP contribution in [0.5, 0.6) is 0 Å². The Morgan fingerprint density at radius 1 is 1.39 bits per heavy atom. The minimum Gasteiger partial charge on any atom is -0.356 e. The Bertz CT molecular complexity index is 628. The van der Waals surface area contributed by atoms with Crippen LogP contribution in [0, 0.1) is 0 Å². The van der Waals surface area contributed by atoms with Crippen molar-refractivity contribution in [3.63, 3.8) is 0 Å². The molecule has 0 saturated carbocycles. The monoisotopic (exact) mass is 334 g/mol. The summed E-state index contributed by atoms with van der Waals surface area (Å²) in [6.07, 6.45) is 6.03. The van der Waals surface area contributed by atoms with E-state index < -0.39 is 0 Å². The Balaban J connectivity index is 1.68. The molecule has 0 spiro atoms. The summed E-state index contributed by atoms with van der Waals surface area (Å²) in [4.78, 5) is 8.87. The number of hydrogen-bond donors (Lipinski definition) is 2. The Morgan fingerprint density at radius 3 is 2.83 bits per heavy atom. The van der Waals surface area contributed by atoms with Gasteiger partial charge in [-0.2, -0.15) is 5.10 Å². The van der Waals surface area contributed by atoms with Gasteiger partial charge >= 0.3 is 0 Å². The van der Waals surface area contributed by atoms with E-state index in [0.717, 1.165) is 36.0 Å². The number of aromatic nitrogens is 3. The third-order valence-electron chi connectivity index (χ3n) is 3.48. The molecule has 0 unspecified atom stereocenters. The molecule has 6 nitrogen and oxygen atoms in total. The van der Waals surface area contributed by atoms with E-state index in [9.17, 15) is 0 Å². The first-order chi connectivity index (χ1) is 11.1. The number of rotatable bonds is 7. The van der Waals surface area contributed by atoms with Crippen molar-refractivity contribution in [1.29, 1.82) is 0 Å². The molecule has 0 aliphatic rings. The summed E-state index contributed by atoms with van der Waals surface area (Å²) in [5, 5.41) is 14.0. The van der Waals surface area contributed by atoms with E-state index in [-0.39, 0.29) is 0 Å². The molecule has 0 aliphatic carbocycles. The Morgan fingerprint density at radius 2 is 2.22 bits per heavy atom. The van der Waals surface area contributed by atoms with Gasteiger partial charge in [-0.15, -0.1) is 11.3 Å². The van der Waals surface area contributed by atoms with Crippen molar-refractivity contribution < 1.29 is 0 Å². The minimum absolute atomic E-state index is 0.477. The van der Waals surface area contributed by atoms with E-state index in [1.165, 1.54) is 5.56 Å². The lowest BCUT2D eigenvalue weighted by Gasteiger charge is -2.10. The molecule has 0 aromatic carbocycles. The summed E-state index contributed by atoms with van der Waals surface area (Å²) in [6.45, 7) is 5.91. The number of nitrogens with one attached hydrogen (secondary N) is 2. The summed E-state index contributed by atoms with van der Waals surface area (Å²) < 4.78 is 1.84. The molecule has 0 atom stereocenters. The maximum Gasteiger partial charge on any atom is 0.191 e. The normalized spacial score (nSPS) is 12.0. The summed E-state index contributed by atoms with van der Waals surface area (Å²) in [5.74, 6) is 1.29. The molecule has 0 radical (unpaired) electrons. The first-order valence-corrected chi connectivity index (χ1v) is 8.82. The van der Waals surface area contributed by atoms with E-state index >= 15 is 0 Å². The lowest BCUT2D eigenvalue weighted by atomic mass is 10.2. The van der Waals surface area contributed by atoms with E-state index in [1.807, 2.05) is 17.9 Å². The quantitative estimate of drug-likeness (QED) is 0.463. The average molecular weight is 334 g/mol. The summed E-state index contributed by atoms with van der Waals surface area (Å²) in [7, 11) is 3.73. The zero-order valence-corrected chi connectivity index (χ0v) is 15.2. The van der Waals surface area contributed by atoms with E-state index in [0.29, 0.717) is 12.5 Å². The zero-order chi connectivity index (χ0) is 16.7. The van der Waals surface area contributed by atoms with E-state index in [1.54, 1.807) is 18.4 Å². The van der Waals surface area contributed by atoms with Crippen LogP contribution in [-0.2, 0) is 20.0 Å². The standard InChI is InChI=1S/C16H26N6S/c1-12(2)14-11-23-15(21-14)9-19-16(17-3)18-7-5-6-13-8-20-22(4)10-13/h8,10-12H,5-7,9H2,1-4H3,(H2,17,18,19). The Labute approximate surface area is 142 Å². The number of nitrogens with zero attached hydrogens (tertiary/aromatic N) is 4. The second-order valence-electron chi connectivity index (χ2n) is 5.80. The van der Waals surface area contributed by atoms with Crippen molar-refractivity contribution in [1.82, 2.24) is 25.4 Å². The van der Waals surface area contributed by atoms with Gasteiger partial charge in [0.15, 0.2) is 5.96 Å². The lowest BCUT2D eigenvalue weighted by molar-refractivity contribution is 0.736. The first-order valence-electron chi connectivity index (χ1n) is 7.95. The zero-order valence-electron chi connectivity index (χ0n) is 14.3. The third-order valence-corrected chi connectivity index (χ3v) is 4.35. The van der Waals surface area contributed by atoms with Crippen LogP contribution in [0.4, 0.5) is 0 Å². The molecule has 0 saturated heterocycles. The molecule has 0 bridgehead atoms. The van der Waals surface area contributed by atoms with Crippen molar-refractivity contribution >= 4 is 17.3 Å². The van der Waals surface area contributed by atoms with Gasteiger partial charge in [-0.3, -0.25) is 9.67 Å². The average Bonchev–Trinajstić information content (AvgIpc) is 3.15. The fraction of sp³-hybridized carbons (Fsp3) is 0.562. The summed E-state index contributed by atoms with van der Waals surface area (Å²) >= 11 is 1.69. The van der Waals surface area contributed by atoms with Gasteiger partial charge in [-0.05, 0) is 24.3 Å².